The third-order valence-corrected chi connectivity index (χ3v) is 4.03. The van der Waals surface area contributed by atoms with Crippen LogP contribution in [0.5, 0.6) is 5.75 Å². The molecule has 0 aliphatic carbocycles. The fourth-order valence-electron chi connectivity index (χ4n) is 2.53. The molecule has 0 amide bonds. The quantitative estimate of drug-likeness (QED) is 0.735. The van der Waals surface area contributed by atoms with Crippen LogP contribution >= 0.6 is 0 Å². The molecule has 0 aliphatic rings. The molecular weight excluding hydrogens is 284 g/mol. The lowest BCUT2D eigenvalue weighted by molar-refractivity contribution is 0.415. The molecular formula is C20H22N2O. The first kappa shape index (κ1) is 15.3. The van der Waals surface area contributed by atoms with E-state index in [1.54, 1.807) is 7.11 Å². The molecule has 0 fully saturated rings. The molecule has 3 heteroatoms. The summed E-state index contributed by atoms with van der Waals surface area (Å²) in [7, 11) is 1.67. The number of hydrogen-bond donors (Lipinski definition) is 1. The van der Waals surface area contributed by atoms with E-state index in [1.807, 2.05) is 24.3 Å². The van der Waals surface area contributed by atoms with Crippen molar-refractivity contribution in [3.63, 3.8) is 0 Å². The third kappa shape index (κ3) is 3.29. The molecule has 0 aliphatic heterocycles. The number of hydrogen-bond acceptors (Lipinski definition) is 2. The first-order valence-electron chi connectivity index (χ1n) is 7.78. The molecule has 0 radical (unpaired) electrons. The number of benzene rings is 2. The number of H-pyrrole nitrogens is 1. The zero-order valence-corrected chi connectivity index (χ0v) is 14.1. The summed E-state index contributed by atoms with van der Waals surface area (Å²) in [6.07, 6.45) is 0. The third-order valence-electron chi connectivity index (χ3n) is 4.03. The van der Waals surface area contributed by atoms with Gasteiger partial charge in [0.15, 0.2) is 0 Å². The van der Waals surface area contributed by atoms with Crippen LogP contribution in [0.2, 0.25) is 0 Å². The van der Waals surface area contributed by atoms with Crippen LogP contribution in [-0.4, -0.2) is 17.3 Å². The maximum absolute atomic E-state index is 5.19. The summed E-state index contributed by atoms with van der Waals surface area (Å²) < 4.78 is 5.19. The lowest BCUT2D eigenvalue weighted by Crippen LogP contribution is -2.10. The van der Waals surface area contributed by atoms with E-state index in [1.165, 1.54) is 5.56 Å². The number of methoxy groups -OCH3 is 1. The average molecular weight is 306 g/mol. The predicted molar refractivity (Wildman–Crippen MR) is 94.7 cm³/mol. The molecule has 0 atom stereocenters. The van der Waals surface area contributed by atoms with Crippen molar-refractivity contribution in [3.05, 3.63) is 60.2 Å². The predicted octanol–water partition coefficient (Wildman–Crippen LogP) is 5.05. The maximum atomic E-state index is 5.19. The topological polar surface area (TPSA) is 37.9 Å². The zero-order chi connectivity index (χ0) is 16.4. The summed E-state index contributed by atoms with van der Waals surface area (Å²) in [5, 5.41) is 7.55. The molecule has 0 unspecified atom stereocenters. The van der Waals surface area contributed by atoms with Gasteiger partial charge in [-0.3, -0.25) is 5.10 Å². The van der Waals surface area contributed by atoms with Crippen molar-refractivity contribution in [2.75, 3.05) is 7.11 Å². The standard InChI is InChI=1S/C20H22N2O/c1-20(2,3)16-9-5-14(6-10-16)18-13-19(22-21-18)15-7-11-17(23-4)12-8-15/h5-13H,1-4H3,(H,21,22). The van der Waals surface area contributed by atoms with E-state index in [-0.39, 0.29) is 5.41 Å². The van der Waals surface area contributed by atoms with Crippen LogP contribution in [0.25, 0.3) is 22.5 Å². The highest BCUT2D eigenvalue weighted by molar-refractivity contribution is 5.68. The Hall–Kier alpha value is -2.55. The number of nitrogens with zero attached hydrogens (tertiary/aromatic N) is 1. The second-order valence-corrected chi connectivity index (χ2v) is 6.72. The molecule has 0 bridgehead atoms. The normalized spacial score (nSPS) is 11.5. The van der Waals surface area contributed by atoms with E-state index in [0.29, 0.717) is 0 Å². The van der Waals surface area contributed by atoms with Crippen molar-refractivity contribution in [1.29, 1.82) is 0 Å². The minimum absolute atomic E-state index is 0.167. The number of aromatic nitrogens is 2. The van der Waals surface area contributed by atoms with Crippen LogP contribution < -0.4 is 4.74 Å². The fourth-order valence-corrected chi connectivity index (χ4v) is 2.53. The summed E-state index contributed by atoms with van der Waals surface area (Å²) in [6, 6.07) is 18.7. The smallest absolute Gasteiger partial charge is 0.118 e. The van der Waals surface area contributed by atoms with Crippen LogP contribution in [0.3, 0.4) is 0 Å². The molecule has 1 N–H and O–H groups in total. The van der Waals surface area contributed by atoms with Gasteiger partial charge in [-0.25, -0.2) is 0 Å². The van der Waals surface area contributed by atoms with Crippen molar-refractivity contribution in [3.8, 4) is 28.3 Å². The minimum atomic E-state index is 0.167. The first-order chi connectivity index (χ1) is 11.0. The highest BCUT2D eigenvalue weighted by atomic mass is 16.5. The van der Waals surface area contributed by atoms with Crippen molar-refractivity contribution in [2.24, 2.45) is 0 Å². The molecule has 23 heavy (non-hydrogen) atoms. The van der Waals surface area contributed by atoms with Gasteiger partial charge in [0.1, 0.15) is 5.75 Å². The molecule has 3 rings (SSSR count). The van der Waals surface area contributed by atoms with Gasteiger partial charge in [-0.05, 0) is 46.9 Å². The van der Waals surface area contributed by atoms with Crippen molar-refractivity contribution >= 4 is 0 Å². The molecule has 2 aromatic carbocycles. The molecule has 1 aromatic heterocycles. The number of rotatable bonds is 3. The largest absolute Gasteiger partial charge is 0.497 e. The van der Waals surface area contributed by atoms with E-state index in [2.05, 4.69) is 61.3 Å². The van der Waals surface area contributed by atoms with Gasteiger partial charge in [0.2, 0.25) is 0 Å². The van der Waals surface area contributed by atoms with E-state index in [4.69, 9.17) is 4.74 Å². The summed E-state index contributed by atoms with van der Waals surface area (Å²) in [5.41, 5.74) is 5.67. The van der Waals surface area contributed by atoms with Crippen LogP contribution in [0, 0.1) is 0 Å². The second kappa shape index (κ2) is 5.92. The van der Waals surface area contributed by atoms with Gasteiger partial charge in [-0.2, -0.15) is 5.10 Å². The van der Waals surface area contributed by atoms with Crippen molar-refractivity contribution in [1.82, 2.24) is 10.2 Å². The Bertz CT molecular complexity index is 778. The lowest BCUT2D eigenvalue weighted by Gasteiger charge is -2.18. The Morgan fingerprint density at radius 3 is 2.04 bits per heavy atom. The molecule has 0 spiro atoms. The van der Waals surface area contributed by atoms with Gasteiger partial charge in [0.05, 0.1) is 18.5 Å². The molecule has 118 valence electrons. The second-order valence-electron chi connectivity index (χ2n) is 6.72. The Morgan fingerprint density at radius 2 is 1.48 bits per heavy atom. The van der Waals surface area contributed by atoms with Crippen LogP contribution in [-0.2, 0) is 5.41 Å². The highest BCUT2D eigenvalue weighted by Gasteiger charge is 2.13. The molecule has 3 aromatic rings. The van der Waals surface area contributed by atoms with Gasteiger partial charge >= 0.3 is 0 Å². The van der Waals surface area contributed by atoms with E-state index in [9.17, 15) is 0 Å². The van der Waals surface area contributed by atoms with Crippen LogP contribution in [0.1, 0.15) is 26.3 Å². The maximum Gasteiger partial charge on any atom is 0.118 e. The monoisotopic (exact) mass is 306 g/mol. The van der Waals surface area contributed by atoms with Crippen molar-refractivity contribution < 1.29 is 4.74 Å². The van der Waals surface area contributed by atoms with Gasteiger partial charge in [0.25, 0.3) is 0 Å². The Labute approximate surface area is 137 Å². The van der Waals surface area contributed by atoms with Gasteiger partial charge in [0, 0.05) is 5.56 Å². The van der Waals surface area contributed by atoms with Gasteiger partial charge in [-0.1, -0.05) is 45.0 Å². The van der Waals surface area contributed by atoms with Gasteiger partial charge < -0.3 is 4.74 Å². The van der Waals surface area contributed by atoms with Gasteiger partial charge in [-0.15, -0.1) is 0 Å². The summed E-state index contributed by atoms with van der Waals surface area (Å²) in [4.78, 5) is 0. The van der Waals surface area contributed by atoms with Crippen molar-refractivity contribution in [2.45, 2.75) is 26.2 Å². The molecule has 1 heterocycles. The Balaban J connectivity index is 1.86. The highest BCUT2D eigenvalue weighted by Crippen LogP contribution is 2.28. The lowest BCUT2D eigenvalue weighted by atomic mass is 9.86. The molecule has 0 saturated heterocycles. The summed E-state index contributed by atoms with van der Waals surface area (Å²) in [5.74, 6) is 0.849. The summed E-state index contributed by atoms with van der Waals surface area (Å²) >= 11 is 0. The fraction of sp³-hybridized carbons (Fsp3) is 0.250. The Morgan fingerprint density at radius 1 is 0.870 bits per heavy atom. The Kier molecular flexibility index (Phi) is 3.95. The average Bonchev–Trinajstić information content (AvgIpc) is 3.04. The zero-order valence-electron chi connectivity index (χ0n) is 14.1. The number of ether oxygens (including phenoxy) is 1. The molecule has 0 saturated carbocycles. The summed E-state index contributed by atoms with van der Waals surface area (Å²) in [6.45, 7) is 6.67. The molecule has 3 nitrogen and oxygen atoms in total. The van der Waals surface area contributed by atoms with E-state index < -0.39 is 0 Å². The number of nitrogens with one attached hydrogen (secondary N) is 1. The van der Waals surface area contributed by atoms with Crippen LogP contribution in [0.4, 0.5) is 0 Å². The minimum Gasteiger partial charge on any atom is -0.497 e. The van der Waals surface area contributed by atoms with E-state index >= 15 is 0 Å². The number of aromatic amines is 1. The van der Waals surface area contributed by atoms with Crippen LogP contribution in [0.15, 0.2) is 54.6 Å². The van der Waals surface area contributed by atoms with E-state index in [0.717, 1.165) is 28.3 Å². The first-order valence-corrected chi connectivity index (χ1v) is 7.78. The SMILES string of the molecule is COc1ccc(-c2cc(-c3ccc(C(C)(C)C)cc3)[nH]n2)cc1.